The average Bonchev–Trinajstić information content (AvgIpc) is 0.907. The van der Waals surface area contributed by atoms with E-state index in [1.807, 2.05) is 12.2 Å². The highest BCUT2D eigenvalue weighted by molar-refractivity contribution is 7.47. The van der Waals surface area contributed by atoms with Gasteiger partial charge in [-0.15, -0.1) is 0 Å². The highest BCUT2D eigenvalue weighted by Gasteiger charge is 2.30. The van der Waals surface area contributed by atoms with E-state index in [2.05, 4.69) is 149 Å². The molecule has 0 aromatic heterocycles. The van der Waals surface area contributed by atoms with E-state index < -0.39 is 97.5 Å². The summed E-state index contributed by atoms with van der Waals surface area (Å²) in [6, 6.07) is 0. The van der Waals surface area contributed by atoms with Gasteiger partial charge in [0.15, 0.2) is 12.2 Å². The van der Waals surface area contributed by atoms with E-state index >= 15 is 0 Å². The number of aliphatic hydroxyl groups excluding tert-OH is 1. The molecule has 0 rings (SSSR count). The maximum Gasteiger partial charge on any atom is 0.472 e. The lowest BCUT2D eigenvalue weighted by molar-refractivity contribution is -0.161. The number of carbonyl (C=O) groups excluding carboxylic acids is 4. The van der Waals surface area contributed by atoms with Gasteiger partial charge in [0, 0.05) is 25.7 Å². The molecule has 0 aliphatic rings. The lowest BCUT2D eigenvalue weighted by Gasteiger charge is -2.21. The highest BCUT2D eigenvalue weighted by atomic mass is 31.2. The van der Waals surface area contributed by atoms with Crippen LogP contribution < -0.4 is 0 Å². The number of allylic oxidation sites excluding steroid dienone is 22. The molecule has 0 saturated carbocycles. The largest absolute Gasteiger partial charge is 0.472 e. The van der Waals surface area contributed by atoms with Gasteiger partial charge in [-0.1, -0.05) is 258 Å². The molecule has 17 nitrogen and oxygen atoms in total. The minimum absolute atomic E-state index is 0.0500. The third-order valence-electron chi connectivity index (χ3n) is 16.1. The van der Waals surface area contributed by atoms with Crippen molar-refractivity contribution in [3.8, 4) is 0 Å². The fourth-order valence-corrected chi connectivity index (χ4v) is 11.6. The van der Waals surface area contributed by atoms with Crippen LogP contribution in [0.1, 0.15) is 310 Å². The smallest absolute Gasteiger partial charge is 0.462 e. The van der Waals surface area contributed by atoms with Crippen LogP contribution in [-0.2, 0) is 65.4 Å². The minimum Gasteiger partial charge on any atom is -0.462 e. The Labute approximate surface area is 618 Å². The molecule has 0 aliphatic heterocycles. The Balaban J connectivity index is 5.44. The first kappa shape index (κ1) is 97.2. The van der Waals surface area contributed by atoms with Crippen LogP contribution in [0.25, 0.3) is 0 Å². The molecule has 0 bridgehead atoms. The lowest BCUT2D eigenvalue weighted by atomic mass is 10.1. The molecule has 2 unspecified atom stereocenters. The molecule has 102 heavy (non-hydrogen) atoms. The number of hydrogen-bond acceptors (Lipinski definition) is 15. The van der Waals surface area contributed by atoms with Gasteiger partial charge < -0.3 is 33.8 Å². The summed E-state index contributed by atoms with van der Waals surface area (Å²) in [5, 5.41) is 10.6. The Bertz CT molecular complexity index is 2460. The number of phosphoric ester groups is 2. The van der Waals surface area contributed by atoms with E-state index in [-0.39, 0.29) is 25.7 Å². The molecule has 0 aliphatic carbocycles. The van der Waals surface area contributed by atoms with Crippen molar-refractivity contribution >= 4 is 39.5 Å². The van der Waals surface area contributed by atoms with E-state index in [0.29, 0.717) is 32.1 Å². The normalized spacial score (nSPS) is 14.6. The van der Waals surface area contributed by atoms with Gasteiger partial charge in [0.2, 0.25) is 0 Å². The molecule has 584 valence electrons. The first-order valence-corrected chi connectivity index (χ1v) is 42.4. The van der Waals surface area contributed by atoms with Crippen LogP contribution in [0.15, 0.2) is 134 Å². The number of aliphatic hydroxyl groups is 1. The van der Waals surface area contributed by atoms with Crippen molar-refractivity contribution in [3.63, 3.8) is 0 Å². The Kier molecular flexibility index (Phi) is 71.0. The Morgan fingerprint density at radius 1 is 0.284 bits per heavy atom. The number of ether oxygens (including phenoxy) is 4. The molecular weight excluding hydrogens is 1330 g/mol. The molecule has 0 aromatic carbocycles. The fourth-order valence-electron chi connectivity index (χ4n) is 10.1. The van der Waals surface area contributed by atoms with E-state index in [4.69, 9.17) is 37.0 Å². The monoisotopic (exact) mass is 1470 g/mol. The molecule has 5 atom stereocenters. The van der Waals surface area contributed by atoms with Crippen LogP contribution in [0, 0.1) is 0 Å². The molecule has 0 heterocycles. The van der Waals surface area contributed by atoms with Crippen LogP contribution >= 0.6 is 15.6 Å². The van der Waals surface area contributed by atoms with Gasteiger partial charge in [0.1, 0.15) is 19.3 Å². The number of hydrogen-bond donors (Lipinski definition) is 3. The van der Waals surface area contributed by atoms with Crippen LogP contribution in [-0.4, -0.2) is 96.7 Å². The van der Waals surface area contributed by atoms with Crippen LogP contribution in [0.3, 0.4) is 0 Å². The zero-order valence-corrected chi connectivity index (χ0v) is 65.5. The van der Waals surface area contributed by atoms with Crippen molar-refractivity contribution in [2.45, 2.75) is 329 Å². The Hall–Kier alpha value is -4.80. The standard InChI is InChI=1S/C83H140O17P2/c1-5-9-13-17-21-25-29-33-35-37-38-40-42-46-50-54-58-62-66-70-83(88)100-79(73-93-80(85)67-63-59-55-51-47-43-31-27-23-19-15-11-7-3)76-98-102(91,92)96-72-77(84)71-95-101(89,90)97-75-78(99-82(87)69-65-61-57-53-49-44-32-28-24-20-16-12-8-4)74-94-81(86)68-64-60-56-52-48-45-41-39-36-34-30-26-22-18-14-10-6-2/h9,13,21-22,25-28,31-36,38,40-41,45-46,50,52,56,77-79,84H,5-8,10-12,14-20,23-24,29-30,37,39,42-44,47-49,51,53-55,57-76H2,1-4H3,(H,89,90)(H,91,92)/b13-9-,25-21-,26-22-,31-27-,32-28-,35-33-,36-34-,40-38-,45-41-,50-46-,56-52-/t77-,78-,79-/m1/s1. The van der Waals surface area contributed by atoms with Crippen molar-refractivity contribution in [3.05, 3.63) is 134 Å². The fraction of sp³-hybridized carbons (Fsp3) is 0.687. The van der Waals surface area contributed by atoms with Gasteiger partial charge in [0.05, 0.1) is 26.4 Å². The van der Waals surface area contributed by atoms with Gasteiger partial charge >= 0.3 is 39.5 Å². The van der Waals surface area contributed by atoms with E-state index in [9.17, 15) is 43.2 Å². The molecule has 0 radical (unpaired) electrons. The molecule has 19 heteroatoms. The summed E-state index contributed by atoms with van der Waals surface area (Å²) in [6.07, 6.45) is 83.0. The van der Waals surface area contributed by atoms with Crippen molar-refractivity contribution in [2.75, 3.05) is 39.6 Å². The third kappa shape index (κ3) is 73.5. The van der Waals surface area contributed by atoms with E-state index in [1.165, 1.54) is 70.6 Å². The van der Waals surface area contributed by atoms with Crippen LogP contribution in [0.4, 0.5) is 0 Å². The van der Waals surface area contributed by atoms with Crippen molar-refractivity contribution in [1.29, 1.82) is 0 Å². The highest BCUT2D eigenvalue weighted by Crippen LogP contribution is 2.45. The van der Waals surface area contributed by atoms with Gasteiger partial charge in [-0.3, -0.25) is 37.3 Å². The Morgan fingerprint density at radius 2 is 0.520 bits per heavy atom. The lowest BCUT2D eigenvalue weighted by Crippen LogP contribution is -2.30. The second-order valence-corrected chi connectivity index (χ2v) is 28.8. The van der Waals surface area contributed by atoms with Gasteiger partial charge in [-0.05, 0) is 161 Å². The average molecular weight is 1470 g/mol. The molecule has 0 fully saturated rings. The maximum atomic E-state index is 13.1. The molecule has 3 N–H and O–H groups in total. The summed E-state index contributed by atoms with van der Waals surface area (Å²) in [6.45, 7) is 4.58. The summed E-state index contributed by atoms with van der Waals surface area (Å²) in [5.74, 6) is -2.30. The Morgan fingerprint density at radius 3 is 0.863 bits per heavy atom. The summed E-state index contributed by atoms with van der Waals surface area (Å²) in [5.41, 5.74) is 0. The molecule has 0 aromatic rings. The number of rotatable bonds is 73. The molecule has 0 spiro atoms. The molecular formula is C83H140O17P2. The predicted molar refractivity (Wildman–Crippen MR) is 418 cm³/mol. The van der Waals surface area contributed by atoms with E-state index in [0.717, 1.165) is 154 Å². The molecule has 0 saturated heterocycles. The van der Waals surface area contributed by atoms with E-state index in [1.54, 1.807) is 0 Å². The molecule has 0 amide bonds. The van der Waals surface area contributed by atoms with Crippen LogP contribution in [0.2, 0.25) is 0 Å². The van der Waals surface area contributed by atoms with Crippen molar-refractivity contribution in [2.24, 2.45) is 0 Å². The minimum atomic E-state index is -4.99. The third-order valence-corrected chi connectivity index (χ3v) is 18.0. The van der Waals surface area contributed by atoms with Crippen molar-refractivity contribution in [1.82, 2.24) is 0 Å². The zero-order chi connectivity index (χ0) is 74.6. The predicted octanol–water partition coefficient (Wildman–Crippen LogP) is 22.9. The van der Waals surface area contributed by atoms with Gasteiger partial charge in [0.25, 0.3) is 0 Å². The SMILES string of the molecule is CC/C=C\C/C=C\C/C=C\C/C=C\C/C=C\CCCCCC(=O)O[C@H](COC(=O)CCCCCCC/C=C\CCCCCC)COP(=O)(O)OC[C@H](O)COP(=O)(O)OC[C@@H](COC(=O)CCC/C=C\C/C=C\C/C=C\C/C=C\CCCCC)OC(=O)CCCCCCC/C=C\CCCCCC. The maximum absolute atomic E-state index is 13.1. The first-order valence-electron chi connectivity index (χ1n) is 39.4. The second-order valence-electron chi connectivity index (χ2n) is 25.9. The number of carbonyl (C=O) groups is 4. The van der Waals surface area contributed by atoms with Crippen LogP contribution in [0.5, 0.6) is 0 Å². The van der Waals surface area contributed by atoms with Gasteiger partial charge in [-0.25, -0.2) is 9.13 Å². The van der Waals surface area contributed by atoms with Gasteiger partial charge in [-0.2, -0.15) is 0 Å². The zero-order valence-electron chi connectivity index (χ0n) is 63.7. The topological polar surface area (TPSA) is 237 Å². The second kappa shape index (κ2) is 74.5. The summed E-state index contributed by atoms with van der Waals surface area (Å²) < 4.78 is 68.4. The first-order chi connectivity index (χ1) is 49.7. The quantitative estimate of drug-likeness (QED) is 0.0169. The number of unbranched alkanes of at least 4 members (excludes halogenated alkanes) is 25. The van der Waals surface area contributed by atoms with Crippen molar-refractivity contribution < 1.29 is 80.2 Å². The summed E-state index contributed by atoms with van der Waals surface area (Å²) in [7, 11) is -9.99. The number of esters is 4. The summed E-state index contributed by atoms with van der Waals surface area (Å²) >= 11 is 0. The number of phosphoric acid groups is 2. The summed E-state index contributed by atoms with van der Waals surface area (Å²) in [4.78, 5) is 72.9.